The SMILES string of the molecule is O=C1S/C(=C\c2ccccc2OCc2ccc(F)cc2)C(=O)N1Cc1ccccc1Br. The molecule has 0 bridgehead atoms. The Bertz CT molecular complexity index is 1160. The van der Waals surface area contributed by atoms with Gasteiger partial charge in [0.1, 0.15) is 18.2 Å². The Balaban J connectivity index is 1.52. The quantitative estimate of drug-likeness (QED) is 0.369. The molecule has 3 aromatic rings. The average molecular weight is 498 g/mol. The van der Waals surface area contributed by atoms with Crippen LogP contribution in [0.5, 0.6) is 5.75 Å². The van der Waals surface area contributed by atoms with Crippen LogP contribution in [-0.4, -0.2) is 16.0 Å². The van der Waals surface area contributed by atoms with Gasteiger partial charge in [0.15, 0.2) is 0 Å². The van der Waals surface area contributed by atoms with E-state index < -0.39 is 0 Å². The number of para-hydroxylation sites is 1. The molecule has 1 fully saturated rings. The maximum Gasteiger partial charge on any atom is 0.293 e. The van der Waals surface area contributed by atoms with Crippen molar-refractivity contribution in [2.75, 3.05) is 0 Å². The number of halogens is 2. The Labute approximate surface area is 191 Å². The monoisotopic (exact) mass is 497 g/mol. The number of hydrogen-bond donors (Lipinski definition) is 0. The van der Waals surface area contributed by atoms with Gasteiger partial charge in [-0.1, -0.05) is 64.5 Å². The molecule has 1 saturated heterocycles. The van der Waals surface area contributed by atoms with Crippen LogP contribution in [0.4, 0.5) is 9.18 Å². The van der Waals surface area contributed by atoms with Crippen molar-refractivity contribution in [1.82, 2.24) is 4.90 Å². The van der Waals surface area contributed by atoms with E-state index in [-0.39, 0.29) is 30.1 Å². The third kappa shape index (κ3) is 5.06. The second-order valence-corrected chi connectivity index (χ2v) is 8.66. The van der Waals surface area contributed by atoms with Crippen molar-refractivity contribution in [3.8, 4) is 5.75 Å². The Morgan fingerprint density at radius 2 is 1.68 bits per heavy atom. The van der Waals surface area contributed by atoms with E-state index in [2.05, 4.69) is 15.9 Å². The number of carbonyl (C=O) groups is 2. The first kappa shape index (κ1) is 21.3. The lowest BCUT2D eigenvalue weighted by molar-refractivity contribution is -0.123. The fraction of sp³-hybridized carbons (Fsp3) is 0.0833. The first-order chi connectivity index (χ1) is 15.0. The molecule has 0 aromatic heterocycles. The van der Waals surface area contributed by atoms with Crippen LogP contribution < -0.4 is 4.74 Å². The summed E-state index contributed by atoms with van der Waals surface area (Å²) in [7, 11) is 0. The average Bonchev–Trinajstić information content (AvgIpc) is 3.03. The van der Waals surface area contributed by atoms with E-state index in [1.807, 2.05) is 42.5 Å². The number of amides is 2. The highest BCUT2D eigenvalue weighted by molar-refractivity contribution is 9.10. The largest absolute Gasteiger partial charge is 0.488 e. The highest BCUT2D eigenvalue weighted by Gasteiger charge is 2.35. The number of nitrogens with zero attached hydrogens (tertiary/aromatic N) is 1. The molecule has 4 rings (SSSR count). The van der Waals surface area contributed by atoms with E-state index in [0.717, 1.165) is 27.4 Å². The summed E-state index contributed by atoms with van der Waals surface area (Å²) in [4.78, 5) is 26.9. The van der Waals surface area contributed by atoms with Gasteiger partial charge in [-0.3, -0.25) is 14.5 Å². The summed E-state index contributed by atoms with van der Waals surface area (Å²) in [6.07, 6.45) is 1.67. The lowest BCUT2D eigenvalue weighted by Gasteiger charge is -2.13. The zero-order valence-corrected chi connectivity index (χ0v) is 18.7. The van der Waals surface area contributed by atoms with Crippen molar-refractivity contribution < 1.29 is 18.7 Å². The molecule has 0 N–H and O–H groups in total. The Kier molecular flexibility index (Phi) is 6.53. The zero-order chi connectivity index (χ0) is 21.8. The number of carbonyl (C=O) groups excluding carboxylic acids is 2. The van der Waals surface area contributed by atoms with E-state index >= 15 is 0 Å². The van der Waals surface area contributed by atoms with Gasteiger partial charge in [0.25, 0.3) is 11.1 Å². The Morgan fingerprint density at radius 3 is 2.45 bits per heavy atom. The van der Waals surface area contributed by atoms with Gasteiger partial charge in [0.05, 0.1) is 11.4 Å². The molecule has 0 spiro atoms. The number of imide groups is 1. The third-order valence-corrected chi connectivity index (χ3v) is 6.35. The van der Waals surface area contributed by atoms with Crippen LogP contribution in [-0.2, 0) is 17.9 Å². The van der Waals surface area contributed by atoms with Gasteiger partial charge >= 0.3 is 0 Å². The van der Waals surface area contributed by atoms with E-state index in [0.29, 0.717) is 16.2 Å². The number of hydrogen-bond acceptors (Lipinski definition) is 4. The fourth-order valence-electron chi connectivity index (χ4n) is 3.05. The maximum atomic E-state index is 13.1. The van der Waals surface area contributed by atoms with Crippen LogP contribution in [0, 0.1) is 5.82 Å². The smallest absolute Gasteiger partial charge is 0.293 e. The summed E-state index contributed by atoms with van der Waals surface area (Å²) >= 11 is 4.37. The normalized spacial score (nSPS) is 15.0. The molecular formula is C24H17BrFNO3S. The molecule has 0 atom stereocenters. The summed E-state index contributed by atoms with van der Waals surface area (Å²) < 4.78 is 19.8. The molecule has 0 saturated carbocycles. The molecule has 2 amide bonds. The number of benzene rings is 3. The number of rotatable bonds is 6. The van der Waals surface area contributed by atoms with Crippen molar-refractivity contribution in [3.05, 3.63) is 105 Å². The third-order valence-electron chi connectivity index (χ3n) is 4.67. The van der Waals surface area contributed by atoms with Crippen LogP contribution >= 0.6 is 27.7 Å². The molecule has 0 aliphatic carbocycles. The summed E-state index contributed by atoms with van der Waals surface area (Å²) in [5.74, 6) is -0.0640. The summed E-state index contributed by atoms with van der Waals surface area (Å²) in [5, 5.41) is -0.309. The number of thioether (sulfide) groups is 1. The van der Waals surface area contributed by atoms with Crippen LogP contribution in [0.3, 0.4) is 0 Å². The molecule has 156 valence electrons. The van der Waals surface area contributed by atoms with Crippen molar-refractivity contribution >= 4 is 44.9 Å². The lowest BCUT2D eigenvalue weighted by atomic mass is 10.1. The second-order valence-electron chi connectivity index (χ2n) is 6.81. The fourth-order valence-corrected chi connectivity index (χ4v) is 4.29. The molecule has 0 unspecified atom stereocenters. The van der Waals surface area contributed by atoms with Crippen molar-refractivity contribution in [2.24, 2.45) is 0 Å². The topological polar surface area (TPSA) is 46.6 Å². The molecule has 7 heteroatoms. The second kappa shape index (κ2) is 9.49. The minimum absolute atomic E-state index is 0.201. The zero-order valence-electron chi connectivity index (χ0n) is 16.3. The van der Waals surface area contributed by atoms with Crippen molar-refractivity contribution in [1.29, 1.82) is 0 Å². The predicted octanol–water partition coefficient (Wildman–Crippen LogP) is 6.40. The van der Waals surface area contributed by atoms with Crippen LogP contribution in [0.2, 0.25) is 0 Å². The van der Waals surface area contributed by atoms with Gasteiger partial charge in [-0.2, -0.15) is 0 Å². The van der Waals surface area contributed by atoms with Gasteiger partial charge in [0.2, 0.25) is 0 Å². The maximum absolute atomic E-state index is 13.1. The molecule has 3 aromatic carbocycles. The van der Waals surface area contributed by atoms with Crippen molar-refractivity contribution in [2.45, 2.75) is 13.2 Å². The highest BCUT2D eigenvalue weighted by atomic mass is 79.9. The first-order valence-electron chi connectivity index (χ1n) is 9.46. The van der Waals surface area contributed by atoms with E-state index in [4.69, 9.17) is 4.74 Å². The molecule has 31 heavy (non-hydrogen) atoms. The van der Waals surface area contributed by atoms with Gasteiger partial charge < -0.3 is 4.74 Å². The van der Waals surface area contributed by atoms with Gasteiger partial charge in [-0.25, -0.2) is 4.39 Å². The predicted molar refractivity (Wildman–Crippen MR) is 123 cm³/mol. The van der Waals surface area contributed by atoms with Crippen LogP contribution in [0.1, 0.15) is 16.7 Å². The van der Waals surface area contributed by atoms with Gasteiger partial charge in [-0.05, 0) is 53.2 Å². The molecule has 1 heterocycles. The standard InChI is InChI=1S/C24H17BrFNO3S/c25-20-7-3-1-6-18(20)14-27-23(28)22(31-24(27)29)13-17-5-2-4-8-21(17)30-15-16-9-11-19(26)12-10-16/h1-13H,14-15H2/b22-13-. The molecule has 4 nitrogen and oxygen atoms in total. The highest BCUT2D eigenvalue weighted by Crippen LogP contribution is 2.35. The molecule has 1 aliphatic heterocycles. The Hall–Kier alpha value is -2.90. The van der Waals surface area contributed by atoms with Gasteiger partial charge in [0, 0.05) is 10.0 Å². The summed E-state index contributed by atoms with van der Waals surface area (Å²) in [5.41, 5.74) is 2.37. The van der Waals surface area contributed by atoms with Gasteiger partial charge in [-0.15, -0.1) is 0 Å². The molecule has 0 radical (unpaired) electrons. The van der Waals surface area contributed by atoms with E-state index in [9.17, 15) is 14.0 Å². The molecule has 1 aliphatic rings. The summed E-state index contributed by atoms with van der Waals surface area (Å²) in [6, 6.07) is 20.8. The molecular weight excluding hydrogens is 481 g/mol. The lowest BCUT2D eigenvalue weighted by Crippen LogP contribution is -2.27. The minimum atomic E-state index is -0.334. The van der Waals surface area contributed by atoms with Crippen LogP contribution in [0.25, 0.3) is 6.08 Å². The number of ether oxygens (including phenoxy) is 1. The summed E-state index contributed by atoms with van der Waals surface area (Å²) in [6.45, 7) is 0.459. The van der Waals surface area contributed by atoms with Crippen molar-refractivity contribution in [3.63, 3.8) is 0 Å². The minimum Gasteiger partial charge on any atom is -0.488 e. The first-order valence-corrected chi connectivity index (χ1v) is 11.1. The van der Waals surface area contributed by atoms with E-state index in [1.165, 1.54) is 17.0 Å². The Morgan fingerprint density at radius 1 is 0.968 bits per heavy atom. The van der Waals surface area contributed by atoms with E-state index in [1.54, 1.807) is 24.3 Å². The van der Waals surface area contributed by atoms with Crippen LogP contribution in [0.15, 0.2) is 82.2 Å².